The van der Waals surface area contributed by atoms with E-state index in [0.29, 0.717) is 0 Å². The lowest BCUT2D eigenvalue weighted by Crippen LogP contribution is -2.16. The van der Waals surface area contributed by atoms with Gasteiger partial charge >= 0.3 is 0 Å². The molecule has 0 radical (unpaired) electrons. The van der Waals surface area contributed by atoms with Gasteiger partial charge in [-0.2, -0.15) is 0 Å². The van der Waals surface area contributed by atoms with Crippen molar-refractivity contribution in [2.45, 2.75) is 80.1 Å². The summed E-state index contributed by atoms with van der Waals surface area (Å²) in [5.41, 5.74) is 0. The fourth-order valence-electron chi connectivity index (χ4n) is 2.36. The molecule has 4 unspecified atom stereocenters. The summed E-state index contributed by atoms with van der Waals surface area (Å²) < 4.78 is 0. The summed E-state index contributed by atoms with van der Waals surface area (Å²) in [7, 11) is 0. The lowest BCUT2D eigenvalue weighted by atomic mass is 9.81. The van der Waals surface area contributed by atoms with Gasteiger partial charge in [-0.1, -0.05) is 80.1 Å². The molecule has 0 heterocycles. The summed E-state index contributed by atoms with van der Waals surface area (Å²) in [5.74, 6) is 3.63. The molecule has 0 nitrogen and oxygen atoms in total. The molecule has 0 aromatic rings. The number of hydrogen-bond donors (Lipinski definition) is 0. The largest absolute Gasteiger partial charge is 0.0651 e. The number of unbranched alkanes of at least 4 members (excludes halogenated alkanes) is 1. The molecule has 0 rings (SSSR count). The number of hydrogen-bond acceptors (Lipinski definition) is 0. The van der Waals surface area contributed by atoms with Crippen LogP contribution in [0.2, 0.25) is 0 Å². The highest BCUT2D eigenvalue weighted by Crippen LogP contribution is 2.27. The molecular formula is C16H34. The van der Waals surface area contributed by atoms with Gasteiger partial charge in [0, 0.05) is 0 Å². The molecule has 0 saturated heterocycles. The van der Waals surface area contributed by atoms with Crippen molar-refractivity contribution in [3.05, 3.63) is 0 Å². The molecule has 16 heavy (non-hydrogen) atoms. The van der Waals surface area contributed by atoms with Gasteiger partial charge in [-0.05, 0) is 23.7 Å². The van der Waals surface area contributed by atoms with Crippen LogP contribution in [-0.2, 0) is 0 Å². The lowest BCUT2D eigenvalue weighted by Gasteiger charge is -2.25. The second-order valence-corrected chi connectivity index (χ2v) is 6.02. The maximum Gasteiger partial charge on any atom is -0.0391 e. The van der Waals surface area contributed by atoms with E-state index in [9.17, 15) is 0 Å². The molecule has 0 aromatic carbocycles. The normalized spacial score (nSPS) is 19.1. The Morgan fingerprint density at radius 1 is 0.688 bits per heavy atom. The zero-order chi connectivity index (χ0) is 12.6. The molecular weight excluding hydrogens is 192 g/mol. The van der Waals surface area contributed by atoms with Crippen molar-refractivity contribution in [3.63, 3.8) is 0 Å². The predicted octanol–water partition coefficient (Wildman–Crippen LogP) is 5.91. The van der Waals surface area contributed by atoms with Crippen LogP contribution in [0.1, 0.15) is 80.1 Å². The first-order valence-corrected chi connectivity index (χ1v) is 7.52. The number of rotatable bonds is 9. The van der Waals surface area contributed by atoms with Gasteiger partial charge < -0.3 is 0 Å². The molecule has 0 heteroatoms. The summed E-state index contributed by atoms with van der Waals surface area (Å²) in [6.07, 6.45) is 8.42. The lowest BCUT2D eigenvalue weighted by molar-refractivity contribution is 0.253. The van der Waals surface area contributed by atoms with E-state index in [4.69, 9.17) is 0 Å². The Morgan fingerprint density at radius 3 is 1.75 bits per heavy atom. The van der Waals surface area contributed by atoms with Crippen LogP contribution in [-0.4, -0.2) is 0 Å². The molecule has 98 valence electrons. The van der Waals surface area contributed by atoms with E-state index in [-0.39, 0.29) is 0 Å². The molecule has 0 amide bonds. The van der Waals surface area contributed by atoms with Gasteiger partial charge in [0.05, 0.1) is 0 Å². The Labute approximate surface area is 104 Å². The SMILES string of the molecule is CCC(C)CCCCC(C)C(C)C(C)CC. The highest BCUT2D eigenvalue weighted by molar-refractivity contribution is 4.67. The van der Waals surface area contributed by atoms with E-state index in [1.165, 1.54) is 38.5 Å². The van der Waals surface area contributed by atoms with Crippen molar-refractivity contribution in [2.24, 2.45) is 23.7 Å². The fourth-order valence-corrected chi connectivity index (χ4v) is 2.36. The maximum absolute atomic E-state index is 2.44. The van der Waals surface area contributed by atoms with Gasteiger partial charge in [-0.3, -0.25) is 0 Å². The van der Waals surface area contributed by atoms with Crippen molar-refractivity contribution in [1.29, 1.82) is 0 Å². The van der Waals surface area contributed by atoms with Gasteiger partial charge in [-0.15, -0.1) is 0 Å². The molecule has 0 fully saturated rings. The van der Waals surface area contributed by atoms with Gasteiger partial charge in [-0.25, -0.2) is 0 Å². The quantitative estimate of drug-likeness (QED) is 0.429. The Bertz CT molecular complexity index is 150. The van der Waals surface area contributed by atoms with Gasteiger partial charge in [0.2, 0.25) is 0 Å². The minimum absolute atomic E-state index is 0.893. The minimum Gasteiger partial charge on any atom is -0.0651 e. The highest BCUT2D eigenvalue weighted by Gasteiger charge is 2.17. The van der Waals surface area contributed by atoms with E-state index < -0.39 is 0 Å². The maximum atomic E-state index is 2.44. The van der Waals surface area contributed by atoms with E-state index in [0.717, 1.165) is 23.7 Å². The average molecular weight is 226 g/mol. The van der Waals surface area contributed by atoms with Gasteiger partial charge in [0.1, 0.15) is 0 Å². The van der Waals surface area contributed by atoms with E-state index in [1.807, 2.05) is 0 Å². The third-order valence-corrected chi connectivity index (χ3v) is 4.74. The van der Waals surface area contributed by atoms with Crippen LogP contribution in [0.25, 0.3) is 0 Å². The first kappa shape index (κ1) is 16.0. The highest BCUT2D eigenvalue weighted by atomic mass is 14.2. The second-order valence-electron chi connectivity index (χ2n) is 6.02. The standard InChI is InChI=1S/C16H34/c1-7-13(3)11-9-10-12-15(5)16(6)14(4)8-2/h13-16H,7-12H2,1-6H3. The van der Waals surface area contributed by atoms with Crippen molar-refractivity contribution in [2.75, 3.05) is 0 Å². The van der Waals surface area contributed by atoms with Crippen molar-refractivity contribution >= 4 is 0 Å². The molecule has 0 spiro atoms. The van der Waals surface area contributed by atoms with Crippen LogP contribution in [0, 0.1) is 23.7 Å². The monoisotopic (exact) mass is 226 g/mol. The first-order valence-electron chi connectivity index (χ1n) is 7.52. The third kappa shape index (κ3) is 6.55. The van der Waals surface area contributed by atoms with Crippen LogP contribution in [0.3, 0.4) is 0 Å². The van der Waals surface area contributed by atoms with Crippen LogP contribution in [0.4, 0.5) is 0 Å². The molecule has 0 bridgehead atoms. The predicted molar refractivity (Wildman–Crippen MR) is 75.7 cm³/mol. The molecule has 0 aliphatic rings. The zero-order valence-corrected chi connectivity index (χ0v) is 12.6. The van der Waals surface area contributed by atoms with Crippen LogP contribution >= 0.6 is 0 Å². The summed E-state index contributed by atoms with van der Waals surface area (Å²) in [4.78, 5) is 0. The van der Waals surface area contributed by atoms with Gasteiger partial charge in [0.25, 0.3) is 0 Å². The molecule has 0 aliphatic heterocycles. The fraction of sp³-hybridized carbons (Fsp3) is 1.00. The minimum atomic E-state index is 0.893. The van der Waals surface area contributed by atoms with E-state index >= 15 is 0 Å². The van der Waals surface area contributed by atoms with E-state index in [2.05, 4.69) is 41.5 Å². The van der Waals surface area contributed by atoms with Crippen LogP contribution in [0.5, 0.6) is 0 Å². The molecule has 0 aromatic heterocycles. The Morgan fingerprint density at radius 2 is 1.25 bits per heavy atom. The Kier molecular flexibility index (Phi) is 9.07. The molecule has 0 saturated carbocycles. The van der Waals surface area contributed by atoms with Gasteiger partial charge in [0.15, 0.2) is 0 Å². The Balaban J connectivity index is 3.60. The third-order valence-electron chi connectivity index (χ3n) is 4.74. The summed E-state index contributed by atoms with van der Waals surface area (Å²) >= 11 is 0. The second kappa shape index (κ2) is 9.07. The van der Waals surface area contributed by atoms with Crippen molar-refractivity contribution in [3.8, 4) is 0 Å². The summed E-state index contributed by atoms with van der Waals surface area (Å²) in [6, 6.07) is 0. The van der Waals surface area contributed by atoms with Crippen molar-refractivity contribution < 1.29 is 0 Å². The average Bonchev–Trinajstić information content (AvgIpc) is 2.31. The van der Waals surface area contributed by atoms with Crippen LogP contribution < -0.4 is 0 Å². The van der Waals surface area contributed by atoms with Crippen LogP contribution in [0.15, 0.2) is 0 Å². The zero-order valence-electron chi connectivity index (χ0n) is 12.6. The van der Waals surface area contributed by atoms with E-state index in [1.54, 1.807) is 0 Å². The Hall–Kier alpha value is 0. The van der Waals surface area contributed by atoms with Crippen molar-refractivity contribution in [1.82, 2.24) is 0 Å². The summed E-state index contributed by atoms with van der Waals surface area (Å²) in [6.45, 7) is 14.3. The molecule has 4 atom stereocenters. The molecule has 0 aliphatic carbocycles. The first-order chi connectivity index (χ1) is 7.52. The summed E-state index contributed by atoms with van der Waals surface area (Å²) in [5, 5.41) is 0. The molecule has 0 N–H and O–H groups in total. The smallest absolute Gasteiger partial charge is 0.0391 e. The topological polar surface area (TPSA) is 0 Å².